The summed E-state index contributed by atoms with van der Waals surface area (Å²) in [4.78, 5) is 37.7. The lowest BCUT2D eigenvalue weighted by Gasteiger charge is -2.34. The second kappa shape index (κ2) is 9.73. The van der Waals surface area contributed by atoms with Gasteiger partial charge in [0.05, 0.1) is 18.4 Å². The molecule has 2 aliphatic rings. The molecule has 3 heterocycles. The first-order chi connectivity index (χ1) is 15.5. The Hall–Kier alpha value is -2.87. The zero-order valence-corrected chi connectivity index (χ0v) is 19.1. The Bertz CT molecular complexity index is 1020. The topological polar surface area (TPSA) is 87.8 Å². The molecular weight excluding hydrogens is 408 g/mol. The SMILES string of the molecule is CCC(Oc1cccc(OC)c1)C(=O)N1CCCC(c2nc3c(c(=O)[nH]2)CN(C)CC3)C1. The van der Waals surface area contributed by atoms with Gasteiger partial charge in [-0.15, -0.1) is 0 Å². The number of piperidine rings is 1. The van der Waals surface area contributed by atoms with Crippen LogP contribution in [0.5, 0.6) is 11.5 Å². The summed E-state index contributed by atoms with van der Waals surface area (Å²) >= 11 is 0. The Labute approximate surface area is 188 Å². The Morgan fingerprint density at radius 2 is 2.12 bits per heavy atom. The van der Waals surface area contributed by atoms with Crippen LogP contribution in [-0.2, 0) is 17.8 Å². The Kier molecular flexibility index (Phi) is 6.79. The number of likely N-dealkylation sites (tertiary alicyclic amines) is 1. The molecule has 1 amide bonds. The van der Waals surface area contributed by atoms with Crippen LogP contribution in [0.1, 0.15) is 49.2 Å². The molecule has 0 aliphatic carbocycles. The maximum Gasteiger partial charge on any atom is 0.263 e. The molecule has 2 aliphatic heterocycles. The molecule has 0 spiro atoms. The first kappa shape index (κ1) is 22.3. The molecule has 2 unspecified atom stereocenters. The summed E-state index contributed by atoms with van der Waals surface area (Å²) in [7, 11) is 3.62. The van der Waals surface area contributed by atoms with E-state index in [9.17, 15) is 9.59 Å². The fourth-order valence-electron chi connectivity index (χ4n) is 4.52. The van der Waals surface area contributed by atoms with Crippen molar-refractivity contribution >= 4 is 5.91 Å². The van der Waals surface area contributed by atoms with Gasteiger partial charge in [0.1, 0.15) is 17.3 Å². The number of nitrogens with one attached hydrogen (secondary N) is 1. The molecular formula is C24H32N4O4. The highest BCUT2D eigenvalue weighted by Gasteiger charge is 2.32. The van der Waals surface area contributed by atoms with E-state index in [0.29, 0.717) is 43.4 Å². The van der Waals surface area contributed by atoms with Crippen molar-refractivity contribution in [1.29, 1.82) is 0 Å². The van der Waals surface area contributed by atoms with Crippen molar-refractivity contribution in [2.24, 2.45) is 0 Å². The van der Waals surface area contributed by atoms with Gasteiger partial charge in [0, 0.05) is 44.6 Å². The van der Waals surface area contributed by atoms with Gasteiger partial charge in [0.25, 0.3) is 11.5 Å². The quantitative estimate of drug-likeness (QED) is 0.742. The van der Waals surface area contributed by atoms with Crippen LogP contribution in [0.15, 0.2) is 29.1 Å². The average Bonchev–Trinajstić information content (AvgIpc) is 2.82. The van der Waals surface area contributed by atoms with E-state index in [-0.39, 0.29) is 17.4 Å². The predicted molar refractivity (Wildman–Crippen MR) is 121 cm³/mol. The van der Waals surface area contributed by atoms with Gasteiger partial charge in [0.15, 0.2) is 6.10 Å². The van der Waals surface area contributed by atoms with E-state index in [2.05, 4.69) is 9.88 Å². The van der Waals surface area contributed by atoms with Crippen LogP contribution in [0.25, 0.3) is 0 Å². The summed E-state index contributed by atoms with van der Waals surface area (Å²) in [6.07, 6.45) is 2.56. The van der Waals surface area contributed by atoms with E-state index in [1.807, 2.05) is 37.1 Å². The fraction of sp³-hybridized carbons (Fsp3) is 0.542. The van der Waals surface area contributed by atoms with Crippen LogP contribution >= 0.6 is 0 Å². The van der Waals surface area contributed by atoms with Gasteiger partial charge in [0.2, 0.25) is 0 Å². The summed E-state index contributed by atoms with van der Waals surface area (Å²) < 4.78 is 11.3. The number of H-pyrrole nitrogens is 1. The fourth-order valence-corrected chi connectivity index (χ4v) is 4.52. The summed E-state index contributed by atoms with van der Waals surface area (Å²) in [6.45, 7) is 4.71. The molecule has 1 N–H and O–H groups in total. The average molecular weight is 441 g/mol. The van der Waals surface area contributed by atoms with Gasteiger partial charge >= 0.3 is 0 Å². The molecule has 0 radical (unpaired) electrons. The lowest BCUT2D eigenvalue weighted by atomic mass is 9.95. The molecule has 1 aromatic heterocycles. The minimum absolute atomic E-state index is 0.0260. The number of carbonyl (C=O) groups is 1. The molecule has 1 aromatic carbocycles. The normalized spacial score (nSPS) is 19.8. The molecule has 0 bridgehead atoms. The predicted octanol–water partition coefficient (Wildman–Crippen LogP) is 2.33. The van der Waals surface area contributed by atoms with Crippen molar-refractivity contribution in [2.75, 3.05) is 33.8 Å². The number of hydrogen-bond donors (Lipinski definition) is 1. The third-order valence-electron chi connectivity index (χ3n) is 6.36. The molecule has 172 valence electrons. The lowest BCUT2D eigenvalue weighted by Crippen LogP contribution is -2.46. The standard InChI is InChI=1S/C24H32N4O4/c1-4-21(32-18-9-5-8-17(13-18)31-3)24(30)28-11-6-7-16(14-28)22-25-20-10-12-27(2)15-19(20)23(29)26-22/h5,8-9,13,16,21H,4,6-7,10-12,14-15H2,1-3H3,(H,25,26,29). The van der Waals surface area contributed by atoms with E-state index in [0.717, 1.165) is 37.1 Å². The van der Waals surface area contributed by atoms with Gasteiger partial charge in [-0.3, -0.25) is 9.59 Å². The zero-order valence-electron chi connectivity index (χ0n) is 19.1. The largest absolute Gasteiger partial charge is 0.497 e. The van der Waals surface area contributed by atoms with E-state index >= 15 is 0 Å². The molecule has 32 heavy (non-hydrogen) atoms. The Morgan fingerprint density at radius 1 is 1.31 bits per heavy atom. The molecule has 8 nitrogen and oxygen atoms in total. The van der Waals surface area contributed by atoms with Crippen LogP contribution < -0.4 is 15.0 Å². The third kappa shape index (κ3) is 4.80. The number of fused-ring (bicyclic) bond motifs is 1. The first-order valence-corrected chi connectivity index (χ1v) is 11.4. The van der Waals surface area contributed by atoms with Gasteiger partial charge in [-0.05, 0) is 38.4 Å². The van der Waals surface area contributed by atoms with Gasteiger partial charge < -0.3 is 24.3 Å². The minimum Gasteiger partial charge on any atom is -0.497 e. The monoisotopic (exact) mass is 440 g/mol. The maximum atomic E-state index is 13.3. The maximum absolute atomic E-state index is 13.3. The van der Waals surface area contributed by atoms with Gasteiger partial charge in [-0.2, -0.15) is 0 Å². The van der Waals surface area contributed by atoms with E-state index in [1.54, 1.807) is 13.2 Å². The van der Waals surface area contributed by atoms with Crippen LogP contribution in [0.3, 0.4) is 0 Å². The number of aromatic amines is 1. The molecule has 1 fully saturated rings. The van der Waals surface area contributed by atoms with Crippen molar-refractivity contribution < 1.29 is 14.3 Å². The molecule has 0 saturated carbocycles. The summed E-state index contributed by atoms with van der Waals surface area (Å²) in [6, 6.07) is 7.30. The van der Waals surface area contributed by atoms with E-state index < -0.39 is 6.10 Å². The van der Waals surface area contributed by atoms with Crippen LogP contribution in [-0.4, -0.2) is 65.6 Å². The molecule has 8 heteroatoms. The number of rotatable bonds is 6. The highest BCUT2D eigenvalue weighted by atomic mass is 16.5. The highest BCUT2D eigenvalue weighted by molar-refractivity contribution is 5.81. The molecule has 2 aromatic rings. The highest BCUT2D eigenvalue weighted by Crippen LogP contribution is 2.27. The summed E-state index contributed by atoms with van der Waals surface area (Å²) in [5.74, 6) is 2.01. The number of aromatic nitrogens is 2. The number of nitrogens with zero attached hydrogens (tertiary/aromatic N) is 3. The van der Waals surface area contributed by atoms with E-state index in [1.165, 1.54) is 0 Å². The number of likely N-dealkylation sites (N-methyl/N-ethyl adjacent to an activating group) is 1. The number of hydrogen-bond acceptors (Lipinski definition) is 6. The zero-order chi connectivity index (χ0) is 22.7. The van der Waals surface area contributed by atoms with Crippen LogP contribution in [0, 0.1) is 0 Å². The van der Waals surface area contributed by atoms with Crippen molar-refractivity contribution in [2.45, 2.75) is 51.2 Å². The first-order valence-electron chi connectivity index (χ1n) is 11.4. The van der Waals surface area contributed by atoms with Crippen molar-refractivity contribution in [3.63, 3.8) is 0 Å². The minimum atomic E-state index is -0.563. The van der Waals surface area contributed by atoms with Crippen molar-refractivity contribution in [1.82, 2.24) is 19.8 Å². The second-order valence-electron chi connectivity index (χ2n) is 8.68. The van der Waals surface area contributed by atoms with Crippen molar-refractivity contribution in [3.05, 3.63) is 51.7 Å². The summed E-state index contributed by atoms with van der Waals surface area (Å²) in [5.41, 5.74) is 1.62. The number of benzene rings is 1. The third-order valence-corrected chi connectivity index (χ3v) is 6.36. The summed E-state index contributed by atoms with van der Waals surface area (Å²) in [5, 5.41) is 0. The van der Waals surface area contributed by atoms with Crippen LogP contribution in [0.4, 0.5) is 0 Å². The number of carbonyl (C=O) groups excluding carboxylic acids is 1. The molecule has 1 saturated heterocycles. The van der Waals surface area contributed by atoms with Crippen LogP contribution in [0.2, 0.25) is 0 Å². The number of ether oxygens (including phenoxy) is 2. The number of amides is 1. The lowest BCUT2D eigenvalue weighted by molar-refractivity contribution is -0.140. The smallest absolute Gasteiger partial charge is 0.263 e. The molecule has 4 rings (SSSR count). The van der Waals surface area contributed by atoms with Crippen molar-refractivity contribution in [3.8, 4) is 11.5 Å². The Balaban J connectivity index is 1.47. The Morgan fingerprint density at radius 3 is 2.91 bits per heavy atom. The molecule has 2 atom stereocenters. The van der Waals surface area contributed by atoms with Gasteiger partial charge in [-0.25, -0.2) is 4.98 Å². The van der Waals surface area contributed by atoms with E-state index in [4.69, 9.17) is 14.5 Å². The number of methoxy groups -OCH3 is 1. The second-order valence-corrected chi connectivity index (χ2v) is 8.68. The van der Waals surface area contributed by atoms with Gasteiger partial charge in [-0.1, -0.05) is 13.0 Å².